The van der Waals surface area contributed by atoms with E-state index in [9.17, 15) is 4.79 Å². The van der Waals surface area contributed by atoms with Crippen LogP contribution in [0.15, 0.2) is 54.2 Å². The van der Waals surface area contributed by atoms with Gasteiger partial charge in [0.1, 0.15) is 0 Å². The predicted molar refractivity (Wildman–Crippen MR) is 83.8 cm³/mol. The van der Waals surface area contributed by atoms with E-state index in [4.69, 9.17) is 10.9 Å². The van der Waals surface area contributed by atoms with E-state index < -0.39 is 5.91 Å². The van der Waals surface area contributed by atoms with Gasteiger partial charge < -0.3 is 10.9 Å². The van der Waals surface area contributed by atoms with Crippen LogP contribution in [-0.2, 0) is 6.54 Å². The highest BCUT2D eigenvalue weighted by molar-refractivity contribution is 9.09. The minimum absolute atomic E-state index is 0.135. The number of carbonyl (C=O) groups excluding carboxylic acids is 1. The highest BCUT2D eigenvalue weighted by Crippen LogP contribution is 2.11. The van der Waals surface area contributed by atoms with Gasteiger partial charge in [0.05, 0.1) is 18.2 Å². The quantitative estimate of drug-likeness (QED) is 0.265. The highest BCUT2D eigenvalue weighted by Gasteiger charge is 2.16. The number of nitrogens with zero attached hydrogens (tertiary/aromatic N) is 3. The van der Waals surface area contributed by atoms with Crippen molar-refractivity contribution in [2.24, 2.45) is 10.9 Å². The molecule has 2 aromatic rings. The van der Waals surface area contributed by atoms with Crippen molar-refractivity contribution in [1.82, 2.24) is 0 Å². The van der Waals surface area contributed by atoms with Crippen molar-refractivity contribution in [2.45, 2.75) is 17.9 Å². The second kappa shape index (κ2) is 7.65. The lowest BCUT2D eigenvalue weighted by Crippen LogP contribution is -2.40. The molecule has 0 aliphatic carbocycles. The van der Waals surface area contributed by atoms with Crippen molar-refractivity contribution in [1.29, 1.82) is 0 Å². The lowest BCUT2D eigenvalue weighted by molar-refractivity contribution is -0.727. The molecule has 1 atom stereocenters. The van der Waals surface area contributed by atoms with Gasteiger partial charge in [-0.15, -0.1) is 0 Å². The molecule has 114 valence electrons. The largest absolute Gasteiger partial charge is 0.411 e. The molecule has 0 aliphatic heterocycles. The number of pyridine rings is 2. The Balaban J connectivity index is 1.94. The van der Waals surface area contributed by atoms with Gasteiger partial charge in [-0.05, 0) is 15.9 Å². The Kier molecular flexibility index (Phi) is 5.60. The Morgan fingerprint density at radius 3 is 2.45 bits per heavy atom. The summed E-state index contributed by atoms with van der Waals surface area (Å²) >= 11 is 3.64. The predicted octanol–water partition coefficient (Wildman–Crippen LogP) is 1.15. The van der Waals surface area contributed by atoms with Crippen LogP contribution < -0.4 is 14.9 Å². The molecule has 0 aliphatic rings. The first kappa shape index (κ1) is 16.1. The van der Waals surface area contributed by atoms with E-state index >= 15 is 0 Å². The van der Waals surface area contributed by atoms with E-state index in [0.29, 0.717) is 5.56 Å². The van der Waals surface area contributed by atoms with Crippen LogP contribution in [0.5, 0.6) is 0 Å². The van der Waals surface area contributed by atoms with E-state index in [1.54, 1.807) is 12.1 Å². The van der Waals surface area contributed by atoms with E-state index in [-0.39, 0.29) is 4.95 Å². The number of hydrogen-bond donors (Lipinski definition) is 2. The lowest BCUT2D eigenvalue weighted by Gasteiger charge is -2.04. The molecule has 0 aromatic carbocycles. The van der Waals surface area contributed by atoms with Gasteiger partial charge in [0.25, 0.3) is 0 Å². The summed E-state index contributed by atoms with van der Waals surface area (Å²) in [5.74, 6) is -0.424. The van der Waals surface area contributed by atoms with Crippen molar-refractivity contribution < 1.29 is 19.1 Å². The number of halogens is 1. The van der Waals surface area contributed by atoms with Crippen molar-refractivity contribution in [2.75, 3.05) is 0 Å². The maximum atomic E-state index is 11.0. The van der Waals surface area contributed by atoms with Crippen molar-refractivity contribution in [3.8, 4) is 0 Å². The van der Waals surface area contributed by atoms with Gasteiger partial charge in [-0.25, -0.2) is 4.57 Å². The molecular weight excluding hydrogens is 348 g/mol. The van der Waals surface area contributed by atoms with Crippen LogP contribution in [0.2, 0.25) is 0 Å². The minimum atomic E-state index is -0.424. The summed E-state index contributed by atoms with van der Waals surface area (Å²) < 4.78 is 4.01. The first-order chi connectivity index (χ1) is 10.6. The molecule has 0 saturated heterocycles. The zero-order valence-electron chi connectivity index (χ0n) is 11.8. The molecule has 2 aromatic heterocycles. The summed E-state index contributed by atoms with van der Waals surface area (Å²) in [6.07, 6.45) is 9.74. The Bertz CT molecular complexity index is 656. The number of aromatic nitrogens is 2. The molecule has 7 heteroatoms. The summed E-state index contributed by atoms with van der Waals surface area (Å²) in [5.41, 5.74) is 6.54. The molecule has 6 nitrogen and oxygen atoms in total. The van der Waals surface area contributed by atoms with Crippen LogP contribution in [0.1, 0.15) is 27.3 Å². The molecule has 2 rings (SSSR count). The normalized spacial score (nSPS) is 12.4. The maximum Gasteiger partial charge on any atom is 0.249 e. The van der Waals surface area contributed by atoms with Gasteiger partial charge in [0.2, 0.25) is 10.9 Å². The number of nitrogens with two attached hydrogens (primary N) is 1. The monoisotopic (exact) mass is 364 g/mol. The molecule has 0 fully saturated rings. The minimum Gasteiger partial charge on any atom is -0.411 e. The summed E-state index contributed by atoms with van der Waals surface area (Å²) in [6.45, 7) is 0.793. The van der Waals surface area contributed by atoms with Crippen LogP contribution >= 0.6 is 15.9 Å². The van der Waals surface area contributed by atoms with Gasteiger partial charge in [-0.3, -0.25) is 4.79 Å². The van der Waals surface area contributed by atoms with Crippen LogP contribution in [0, 0.1) is 0 Å². The smallest absolute Gasteiger partial charge is 0.249 e. The van der Waals surface area contributed by atoms with E-state index in [1.807, 2.05) is 46.1 Å². The zero-order valence-corrected chi connectivity index (χ0v) is 13.4. The number of oxime groups is 1. The topological polar surface area (TPSA) is 83.4 Å². The average Bonchev–Trinajstić information content (AvgIpc) is 2.54. The van der Waals surface area contributed by atoms with E-state index in [2.05, 4.69) is 21.1 Å². The number of primary amides is 1. The summed E-state index contributed by atoms with van der Waals surface area (Å²) in [7, 11) is 0. The number of amides is 1. The van der Waals surface area contributed by atoms with Gasteiger partial charge in [-0.2, -0.15) is 4.57 Å². The van der Waals surface area contributed by atoms with Gasteiger partial charge in [0.15, 0.2) is 31.3 Å². The fourth-order valence-corrected chi connectivity index (χ4v) is 2.44. The third-order valence-corrected chi connectivity index (χ3v) is 4.14. The standard InChI is InChI=1S/C15H15BrN4O2/c16-14(20-9-1-12(2-10-20)11-18-22)5-8-19-6-3-13(4-7-19)15(17)21/h1-4,6-7,9-11,14H,5,8H2,(H-,17,21)/p+2. The molecule has 0 bridgehead atoms. The van der Waals surface area contributed by atoms with E-state index in [1.165, 1.54) is 6.21 Å². The van der Waals surface area contributed by atoms with Crippen LogP contribution in [0.25, 0.3) is 0 Å². The Morgan fingerprint density at radius 2 is 1.91 bits per heavy atom. The fourth-order valence-electron chi connectivity index (χ4n) is 1.96. The first-order valence-electron chi connectivity index (χ1n) is 6.71. The number of alkyl halides is 1. The van der Waals surface area contributed by atoms with Crippen molar-refractivity contribution in [3.05, 3.63) is 60.2 Å². The third-order valence-electron chi connectivity index (χ3n) is 3.21. The van der Waals surface area contributed by atoms with Crippen LogP contribution in [0.4, 0.5) is 0 Å². The zero-order chi connectivity index (χ0) is 15.9. The molecule has 0 saturated carbocycles. The van der Waals surface area contributed by atoms with Crippen molar-refractivity contribution >= 4 is 28.1 Å². The van der Waals surface area contributed by atoms with Crippen LogP contribution in [-0.4, -0.2) is 17.3 Å². The molecule has 1 amide bonds. The van der Waals surface area contributed by atoms with Gasteiger partial charge in [0, 0.05) is 29.8 Å². The third kappa shape index (κ3) is 4.36. The molecule has 1 unspecified atom stereocenters. The fraction of sp³-hybridized carbons (Fsp3) is 0.200. The summed E-state index contributed by atoms with van der Waals surface area (Å²) in [6, 6.07) is 7.15. The molecule has 3 N–H and O–H groups in total. The molecule has 0 radical (unpaired) electrons. The van der Waals surface area contributed by atoms with Crippen LogP contribution in [0.3, 0.4) is 0 Å². The lowest BCUT2D eigenvalue weighted by atomic mass is 10.2. The van der Waals surface area contributed by atoms with Gasteiger partial charge >= 0.3 is 0 Å². The second-order valence-electron chi connectivity index (χ2n) is 4.74. The highest BCUT2D eigenvalue weighted by atomic mass is 79.9. The number of hydrogen-bond acceptors (Lipinski definition) is 3. The average molecular weight is 365 g/mol. The van der Waals surface area contributed by atoms with Gasteiger partial charge in [-0.1, -0.05) is 5.16 Å². The SMILES string of the molecule is NC(=O)c1cc[n+](CCC(Br)[n+]2ccc(C=NO)cc2)cc1. The second-order valence-corrected chi connectivity index (χ2v) is 5.79. The van der Waals surface area contributed by atoms with Crippen molar-refractivity contribution in [3.63, 3.8) is 0 Å². The number of aryl methyl sites for hydroxylation is 1. The Morgan fingerprint density at radius 1 is 1.27 bits per heavy atom. The number of carbonyl (C=O) groups is 1. The first-order valence-corrected chi connectivity index (χ1v) is 7.63. The molecular formula is C15H17BrN4O2+2. The summed E-state index contributed by atoms with van der Waals surface area (Å²) in [4.78, 5) is 11.1. The Hall–Kier alpha value is -2.28. The Labute approximate surface area is 136 Å². The van der Waals surface area contributed by atoms with E-state index in [0.717, 1.165) is 18.5 Å². The molecule has 2 heterocycles. The summed E-state index contributed by atoms with van der Waals surface area (Å²) in [5, 5.41) is 11.5. The maximum absolute atomic E-state index is 11.0. The molecule has 22 heavy (non-hydrogen) atoms. The number of rotatable bonds is 6. The molecule has 0 spiro atoms.